The quantitative estimate of drug-likeness (QED) is 0.499. The third-order valence-electron chi connectivity index (χ3n) is 4.85. The number of carbonyl (C=O) groups excluding carboxylic acids is 1. The van der Waals surface area contributed by atoms with Crippen LogP contribution in [0.5, 0.6) is 0 Å². The highest BCUT2D eigenvalue weighted by molar-refractivity contribution is 6.04. The molecule has 0 atom stereocenters. The second kappa shape index (κ2) is 7.72. The lowest BCUT2D eigenvalue weighted by molar-refractivity contribution is 0.102. The van der Waals surface area contributed by atoms with Crippen LogP contribution in [0.1, 0.15) is 27.0 Å². The number of aryl methyl sites for hydroxylation is 3. The summed E-state index contributed by atoms with van der Waals surface area (Å²) in [7, 11) is 0. The van der Waals surface area contributed by atoms with Gasteiger partial charge in [0.15, 0.2) is 0 Å². The normalized spacial score (nSPS) is 10.7. The van der Waals surface area contributed by atoms with Crippen LogP contribution in [0, 0.1) is 20.8 Å². The first-order valence-corrected chi connectivity index (χ1v) is 9.39. The molecule has 0 saturated heterocycles. The minimum absolute atomic E-state index is 0.161. The highest BCUT2D eigenvalue weighted by Gasteiger charge is 2.12. The van der Waals surface area contributed by atoms with E-state index in [2.05, 4.69) is 15.5 Å². The molecule has 1 aromatic heterocycles. The van der Waals surface area contributed by atoms with E-state index in [4.69, 9.17) is 4.42 Å². The number of nitrogens with one attached hydrogen (secondary N) is 1. The van der Waals surface area contributed by atoms with Gasteiger partial charge in [-0.15, -0.1) is 10.2 Å². The predicted octanol–water partition coefficient (Wildman–Crippen LogP) is 5.58. The Hall–Kier alpha value is -3.73. The Morgan fingerprint density at radius 2 is 1.52 bits per heavy atom. The molecular formula is C24H21N3O2. The van der Waals surface area contributed by atoms with Gasteiger partial charge in [0.2, 0.25) is 11.8 Å². The van der Waals surface area contributed by atoms with Crippen molar-refractivity contribution in [2.24, 2.45) is 0 Å². The highest BCUT2D eigenvalue weighted by atomic mass is 16.4. The first-order chi connectivity index (χ1) is 14.0. The number of carbonyl (C=O) groups is 1. The molecule has 0 saturated carbocycles. The predicted molar refractivity (Wildman–Crippen MR) is 114 cm³/mol. The van der Waals surface area contributed by atoms with E-state index < -0.39 is 0 Å². The molecule has 0 unspecified atom stereocenters. The maximum absolute atomic E-state index is 12.5. The van der Waals surface area contributed by atoms with E-state index in [1.165, 1.54) is 5.56 Å². The molecule has 1 heterocycles. The average Bonchev–Trinajstić information content (AvgIpc) is 3.21. The largest absolute Gasteiger partial charge is 0.416 e. The van der Waals surface area contributed by atoms with Gasteiger partial charge in [0, 0.05) is 22.4 Å². The summed E-state index contributed by atoms with van der Waals surface area (Å²) in [6.07, 6.45) is 0. The molecule has 0 aliphatic carbocycles. The number of aromatic nitrogens is 2. The average molecular weight is 383 g/mol. The van der Waals surface area contributed by atoms with Crippen LogP contribution in [0.3, 0.4) is 0 Å². The fraction of sp³-hybridized carbons (Fsp3) is 0.125. The van der Waals surface area contributed by atoms with Gasteiger partial charge < -0.3 is 9.73 Å². The Bertz CT molecular complexity index is 1180. The van der Waals surface area contributed by atoms with Gasteiger partial charge in [0.1, 0.15) is 0 Å². The van der Waals surface area contributed by atoms with Crippen molar-refractivity contribution < 1.29 is 9.21 Å². The number of hydrogen-bond acceptors (Lipinski definition) is 4. The Morgan fingerprint density at radius 3 is 2.21 bits per heavy atom. The lowest BCUT2D eigenvalue weighted by Crippen LogP contribution is -2.11. The van der Waals surface area contributed by atoms with Gasteiger partial charge in [-0.05, 0) is 80.4 Å². The number of anilines is 1. The van der Waals surface area contributed by atoms with Crippen molar-refractivity contribution in [2.45, 2.75) is 20.8 Å². The van der Waals surface area contributed by atoms with Crippen LogP contribution in [0.15, 0.2) is 71.1 Å². The topological polar surface area (TPSA) is 68.0 Å². The summed E-state index contributed by atoms with van der Waals surface area (Å²) in [4.78, 5) is 12.5. The van der Waals surface area contributed by atoms with Crippen molar-refractivity contribution in [1.29, 1.82) is 0 Å². The second-order valence-electron chi connectivity index (χ2n) is 7.11. The lowest BCUT2D eigenvalue weighted by atomic mass is 10.1. The SMILES string of the molecule is Cc1cccc(-c2nnc(-c3ccc(C(=O)Nc4ccc(C)c(C)c4)cc3)o2)c1. The zero-order valence-electron chi connectivity index (χ0n) is 16.6. The summed E-state index contributed by atoms with van der Waals surface area (Å²) in [5.41, 5.74) is 6.44. The monoisotopic (exact) mass is 383 g/mol. The Balaban J connectivity index is 1.50. The van der Waals surface area contributed by atoms with Crippen molar-refractivity contribution in [3.05, 3.63) is 89.0 Å². The summed E-state index contributed by atoms with van der Waals surface area (Å²) in [5, 5.41) is 11.2. The maximum Gasteiger partial charge on any atom is 0.255 e. The van der Waals surface area contributed by atoms with E-state index in [1.54, 1.807) is 12.1 Å². The number of amides is 1. The van der Waals surface area contributed by atoms with Gasteiger partial charge in [-0.3, -0.25) is 4.79 Å². The fourth-order valence-electron chi connectivity index (χ4n) is 3.02. The van der Waals surface area contributed by atoms with Gasteiger partial charge in [-0.25, -0.2) is 0 Å². The van der Waals surface area contributed by atoms with Crippen molar-refractivity contribution in [3.63, 3.8) is 0 Å². The summed E-state index contributed by atoms with van der Waals surface area (Å²) in [5.74, 6) is 0.730. The zero-order chi connectivity index (χ0) is 20.4. The first-order valence-electron chi connectivity index (χ1n) is 9.39. The van der Waals surface area contributed by atoms with Crippen LogP contribution in [0.25, 0.3) is 22.9 Å². The van der Waals surface area contributed by atoms with Crippen molar-refractivity contribution in [1.82, 2.24) is 10.2 Å². The van der Waals surface area contributed by atoms with Gasteiger partial charge >= 0.3 is 0 Å². The third kappa shape index (κ3) is 4.09. The van der Waals surface area contributed by atoms with E-state index in [9.17, 15) is 4.79 Å². The van der Waals surface area contributed by atoms with Crippen LogP contribution in [-0.2, 0) is 0 Å². The fourth-order valence-corrected chi connectivity index (χ4v) is 3.02. The number of rotatable bonds is 4. The van der Waals surface area contributed by atoms with E-state index in [-0.39, 0.29) is 5.91 Å². The summed E-state index contributed by atoms with van der Waals surface area (Å²) >= 11 is 0. The van der Waals surface area contributed by atoms with Gasteiger partial charge in [0.25, 0.3) is 5.91 Å². The molecular weight excluding hydrogens is 362 g/mol. The Labute approximate surface area is 169 Å². The summed E-state index contributed by atoms with van der Waals surface area (Å²) in [6, 6.07) is 20.9. The minimum Gasteiger partial charge on any atom is -0.416 e. The van der Waals surface area contributed by atoms with E-state index in [0.29, 0.717) is 17.3 Å². The molecule has 0 radical (unpaired) electrons. The Morgan fingerprint density at radius 1 is 0.793 bits per heavy atom. The minimum atomic E-state index is -0.161. The molecule has 4 aromatic rings. The second-order valence-corrected chi connectivity index (χ2v) is 7.11. The number of benzene rings is 3. The van der Waals surface area contributed by atoms with Crippen LogP contribution in [0.4, 0.5) is 5.69 Å². The molecule has 0 aliphatic rings. The van der Waals surface area contributed by atoms with Crippen LogP contribution in [0.2, 0.25) is 0 Å². The zero-order valence-corrected chi connectivity index (χ0v) is 16.6. The lowest BCUT2D eigenvalue weighted by Gasteiger charge is -2.08. The van der Waals surface area contributed by atoms with Gasteiger partial charge in [-0.2, -0.15) is 0 Å². The first kappa shape index (κ1) is 18.6. The van der Waals surface area contributed by atoms with Gasteiger partial charge in [0.05, 0.1) is 0 Å². The molecule has 0 fully saturated rings. The van der Waals surface area contributed by atoms with Crippen molar-refractivity contribution in [3.8, 4) is 22.9 Å². The third-order valence-corrected chi connectivity index (χ3v) is 4.85. The van der Waals surface area contributed by atoms with Crippen molar-refractivity contribution in [2.75, 3.05) is 5.32 Å². The number of hydrogen-bond donors (Lipinski definition) is 1. The molecule has 1 N–H and O–H groups in total. The highest BCUT2D eigenvalue weighted by Crippen LogP contribution is 2.25. The van der Waals surface area contributed by atoms with E-state index >= 15 is 0 Å². The molecule has 4 rings (SSSR count). The van der Waals surface area contributed by atoms with Crippen LogP contribution >= 0.6 is 0 Å². The molecule has 29 heavy (non-hydrogen) atoms. The maximum atomic E-state index is 12.5. The molecule has 0 aliphatic heterocycles. The standard InChI is InChI=1S/C24H21N3O2/c1-15-5-4-6-20(13-15)24-27-26-23(29-24)19-10-8-18(9-11-19)22(28)25-21-12-7-16(2)17(3)14-21/h4-14H,1-3H3,(H,25,28). The molecule has 5 heteroatoms. The summed E-state index contributed by atoms with van der Waals surface area (Å²) < 4.78 is 5.81. The summed E-state index contributed by atoms with van der Waals surface area (Å²) in [6.45, 7) is 6.08. The molecule has 3 aromatic carbocycles. The van der Waals surface area contributed by atoms with E-state index in [0.717, 1.165) is 27.9 Å². The molecule has 5 nitrogen and oxygen atoms in total. The Kier molecular flexibility index (Phi) is 4.96. The van der Waals surface area contributed by atoms with Crippen LogP contribution in [-0.4, -0.2) is 16.1 Å². The van der Waals surface area contributed by atoms with Gasteiger partial charge in [-0.1, -0.05) is 23.8 Å². The molecule has 1 amide bonds. The molecule has 144 valence electrons. The van der Waals surface area contributed by atoms with E-state index in [1.807, 2.05) is 75.4 Å². The molecule has 0 bridgehead atoms. The molecule has 0 spiro atoms. The van der Waals surface area contributed by atoms with Crippen LogP contribution < -0.4 is 5.32 Å². The van der Waals surface area contributed by atoms with Crippen molar-refractivity contribution >= 4 is 11.6 Å². The number of nitrogens with zero attached hydrogens (tertiary/aromatic N) is 2. The smallest absolute Gasteiger partial charge is 0.255 e.